The predicted molar refractivity (Wildman–Crippen MR) is 124 cm³/mol. The number of hydrogen-bond acceptors (Lipinski definition) is 5. The molecule has 0 aliphatic heterocycles. The van der Waals surface area contributed by atoms with Crippen LogP contribution in [-0.2, 0) is 20.1 Å². The summed E-state index contributed by atoms with van der Waals surface area (Å²) in [5, 5.41) is 17.3. The second-order valence-corrected chi connectivity index (χ2v) is 7.84. The third-order valence-electron chi connectivity index (χ3n) is 5.52. The number of halogens is 1. The molecule has 5 aromatic rings. The molecule has 3 N–H and O–H groups in total. The first-order valence-electron chi connectivity index (χ1n) is 10.1. The molecular formula is C23H20ClN7O. The Morgan fingerprint density at radius 2 is 1.81 bits per heavy atom. The number of aryl methyl sites for hydroxylation is 1. The molecule has 0 fully saturated rings. The Morgan fingerprint density at radius 3 is 2.59 bits per heavy atom. The number of H-pyrrole nitrogens is 1. The maximum Gasteiger partial charge on any atom is 0.272 e. The second kappa shape index (κ2) is 8.07. The van der Waals surface area contributed by atoms with Crippen molar-refractivity contribution in [1.29, 1.82) is 0 Å². The largest absolute Gasteiger partial charge is 0.325 e. The van der Waals surface area contributed by atoms with Gasteiger partial charge in [-0.05, 0) is 23.3 Å². The zero-order chi connectivity index (χ0) is 22.2. The molecule has 0 radical (unpaired) electrons. The second-order valence-electron chi connectivity index (χ2n) is 7.49. The van der Waals surface area contributed by atoms with E-state index in [2.05, 4.69) is 20.4 Å². The third kappa shape index (κ3) is 3.39. The molecule has 0 saturated heterocycles. The lowest BCUT2D eigenvalue weighted by atomic mass is 10.00. The van der Waals surface area contributed by atoms with Crippen LogP contribution in [-0.4, -0.2) is 29.8 Å². The fourth-order valence-corrected chi connectivity index (χ4v) is 4.15. The molecule has 9 heteroatoms. The molecule has 0 saturated carbocycles. The van der Waals surface area contributed by atoms with E-state index in [1.807, 2.05) is 49.5 Å². The topological polar surface area (TPSA) is 107 Å². The van der Waals surface area contributed by atoms with Gasteiger partial charge >= 0.3 is 0 Å². The average molecular weight is 446 g/mol. The zero-order valence-electron chi connectivity index (χ0n) is 17.3. The number of aromatic nitrogens is 6. The first-order valence-corrected chi connectivity index (χ1v) is 10.4. The maximum atomic E-state index is 12.2. The van der Waals surface area contributed by atoms with Crippen LogP contribution in [0.25, 0.3) is 33.2 Å². The summed E-state index contributed by atoms with van der Waals surface area (Å²) < 4.78 is 3.54. The molecule has 32 heavy (non-hydrogen) atoms. The van der Waals surface area contributed by atoms with Crippen LogP contribution in [0.15, 0.2) is 65.7 Å². The number of nitrogens with zero attached hydrogens (tertiary/aromatic N) is 5. The summed E-state index contributed by atoms with van der Waals surface area (Å²) in [4.78, 5) is 12.2. The smallest absolute Gasteiger partial charge is 0.272 e. The van der Waals surface area contributed by atoms with Crippen molar-refractivity contribution in [3.05, 3.63) is 87.7 Å². The van der Waals surface area contributed by atoms with Gasteiger partial charge in [-0.15, -0.1) is 0 Å². The van der Waals surface area contributed by atoms with Gasteiger partial charge in [-0.2, -0.15) is 15.3 Å². The van der Waals surface area contributed by atoms with Crippen LogP contribution >= 0.6 is 11.6 Å². The summed E-state index contributed by atoms with van der Waals surface area (Å²) in [6, 6.07) is 15.6. The van der Waals surface area contributed by atoms with Gasteiger partial charge in [0, 0.05) is 24.5 Å². The SMILES string of the molecule is Cn1ncc(-c2ccc3c(=O)[nH]nc(CN)c3c2)c1-c1cnn(Cc2ccccc2)c1Cl. The van der Waals surface area contributed by atoms with Gasteiger partial charge in [-0.1, -0.05) is 48.0 Å². The Balaban J connectivity index is 1.61. The molecule has 3 aromatic heterocycles. The molecule has 0 amide bonds. The Kier molecular flexibility index (Phi) is 5.08. The van der Waals surface area contributed by atoms with Crippen molar-refractivity contribution in [2.45, 2.75) is 13.1 Å². The molecule has 0 aliphatic rings. The van der Waals surface area contributed by atoms with Gasteiger partial charge in [0.15, 0.2) is 0 Å². The van der Waals surface area contributed by atoms with Gasteiger partial charge in [0.25, 0.3) is 5.56 Å². The summed E-state index contributed by atoms with van der Waals surface area (Å²) in [5.41, 5.74) is 10.7. The van der Waals surface area contributed by atoms with Gasteiger partial charge in [0.1, 0.15) is 5.15 Å². The maximum absolute atomic E-state index is 12.2. The van der Waals surface area contributed by atoms with Crippen LogP contribution in [0.1, 0.15) is 11.3 Å². The lowest BCUT2D eigenvalue weighted by Crippen LogP contribution is -2.13. The number of fused-ring (bicyclic) bond motifs is 1. The van der Waals surface area contributed by atoms with E-state index in [4.69, 9.17) is 17.3 Å². The minimum Gasteiger partial charge on any atom is -0.325 e. The zero-order valence-corrected chi connectivity index (χ0v) is 18.0. The average Bonchev–Trinajstić information content (AvgIpc) is 3.36. The Morgan fingerprint density at radius 1 is 1.03 bits per heavy atom. The fraction of sp³-hybridized carbons (Fsp3) is 0.130. The highest BCUT2D eigenvalue weighted by Crippen LogP contribution is 2.36. The molecule has 2 aromatic carbocycles. The molecule has 160 valence electrons. The van der Waals surface area contributed by atoms with Crippen molar-refractivity contribution in [3.63, 3.8) is 0 Å². The molecule has 8 nitrogen and oxygen atoms in total. The molecule has 0 bridgehead atoms. The van der Waals surface area contributed by atoms with E-state index in [9.17, 15) is 4.79 Å². The number of benzene rings is 2. The van der Waals surface area contributed by atoms with Crippen molar-refractivity contribution < 1.29 is 0 Å². The summed E-state index contributed by atoms with van der Waals surface area (Å²) in [6.45, 7) is 0.784. The van der Waals surface area contributed by atoms with Gasteiger partial charge in [-0.3, -0.25) is 9.48 Å². The van der Waals surface area contributed by atoms with E-state index >= 15 is 0 Å². The van der Waals surface area contributed by atoms with Crippen LogP contribution in [0, 0.1) is 0 Å². The molecule has 0 atom stereocenters. The van der Waals surface area contributed by atoms with Crippen molar-refractivity contribution in [2.75, 3.05) is 0 Å². The summed E-state index contributed by atoms with van der Waals surface area (Å²) in [5.74, 6) is 0. The quantitative estimate of drug-likeness (QED) is 0.431. The number of aromatic amines is 1. The van der Waals surface area contributed by atoms with E-state index in [1.165, 1.54) is 0 Å². The van der Waals surface area contributed by atoms with Crippen LogP contribution in [0.3, 0.4) is 0 Å². The lowest BCUT2D eigenvalue weighted by Gasteiger charge is -2.09. The standard InChI is InChI=1S/C23H20ClN7O/c1-30-21(19-12-27-31(22(19)24)13-14-5-3-2-4-6-14)18(11-26-30)15-7-8-16-17(9-15)20(10-25)28-29-23(16)32/h2-9,11-12H,10,13,25H2,1H3,(H,29,32). The number of rotatable bonds is 5. The van der Waals surface area contributed by atoms with Gasteiger partial charge in [0.2, 0.25) is 0 Å². The predicted octanol–water partition coefficient (Wildman–Crippen LogP) is 3.35. The summed E-state index contributed by atoms with van der Waals surface area (Å²) in [7, 11) is 1.86. The minimum atomic E-state index is -0.250. The number of nitrogens with one attached hydrogen (secondary N) is 1. The van der Waals surface area contributed by atoms with Crippen molar-refractivity contribution in [3.8, 4) is 22.4 Å². The summed E-state index contributed by atoms with van der Waals surface area (Å²) >= 11 is 6.75. The van der Waals surface area contributed by atoms with Crippen molar-refractivity contribution in [1.82, 2.24) is 29.8 Å². The Bertz CT molecular complexity index is 1480. The minimum absolute atomic E-state index is 0.217. The van der Waals surface area contributed by atoms with E-state index in [0.29, 0.717) is 22.8 Å². The van der Waals surface area contributed by atoms with Crippen LogP contribution in [0.4, 0.5) is 0 Å². The van der Waals surface area contributed by atoms with Crippen molar-refractivity contribution in [2.24, 2.45) is 12.8 Å². The molecule has 0 spiro atoms. The first-order chi connectivity index (χ1) is 15.6. The molecule has 0 aliphatic carbocycles. The van der Waals surface area contributed by atoms with E-state index in [1.54, 1.807) is 27.8 Å². The Hall–Kier alpha value is -3.75. The van der Waals surface area contributed by atoms with Crippen LogP contribution in [0.2, 0.25) is 5.15 Å². The monoisotopic (exact) mass is 445 g/mol. The van der Waals surface area contributed by atoms with Gasteiger partial charge in [-0.25, -0.2) is 9.78 Å². The lowest BCUT2D eigenvalue weighted by molar-refractivity contribution is 0.688. The number of nitrogens with two attached hydrogens (primary N) is 1. The third-order valence-corrected chi connectivity index (χ3v) is 5.91. The summed E-state index contributed by atoms with van der Waals surface area (Å²) in [6.07, 6.45) is 3.54. The first kappa shape index (κ1) is 20.2. The van der Waals surface area contributed by atoms with Crippen LogP contribution in [0.5, 0.6) is 0 Å². The van der Waals surface area contributed by atoms with Crippen molar-refractivity contribution >= 4 is 22.4 Å². The molecule has 0 unspecified atom stereocenters. The molecule has 3 heterocycles. The highest BCUT2D eigenvalue weighted by Gasteiger charge is 2.20. The van der Waals surface area contributed by atoms with Gasteiger partial charge < -0.3 is 5.73 Å². The Labute approximate surface area is 188 Å². The van der Waals surface area contributed by atoms with Gasteiger partial charge in [0.05, 0.1) is 41.3 Å². The van der Waals surface area contributed by atoms with Crippen LogP contribution < -0.4 is 11.3 Å². The normalized spacial score (nSPS) is 11.3. The fourth-order valence-electron chi connectivity index (χ4n) is 3.91. The highest BCUT2D eigenvalue weighted by molar-refractivity contribution is 6.32. The van der Waals surface area contributed by atoms with E-state index in [0.717, 1.165) is 33.3 Å². The molecule has 5 rings (SSSR count). The van der Waals surface area contributed by atoms with E-state index < -0.39 is 0 Å². The highest BCUT2D eigenvalue weighted by atomic mass is 35.5. The molecular weight excluding hydrogens is 426 g/mol. The number of hydrogen-bond donors (Lipinski definition) is 2. The van der Waals surface area contributed by atoms with E-state index in [-0.39, 0.29) is 12.1 Å².